The maximum absolute atomic E-state index is 11.1. The first-order valence-corrected chi connectivity index (χ1v) is 4.43. The van der Waals surface area contributed by atoms with Crippen molar-refractivity contribution in [1.29, 1.82) is 0 Å². The molecule has 0 aliphatic rings. The van der Waals surface area contributed by atoms with Gasteiger partial charge in [-0.05, 0) is 25.5 Å². The summed E-state index contributed by atoms with van der Waals surface area (Å²) >= 11 is 0. The molecule has 0 bridgehead atoms. The minimum atomic E-state index is -0.376. The van der Waals surface area contributed by atoms with Gasteiger partial charge in [-0.3, -0.25) is 9.78 Å². The van der Waals surface area contributed by atoms with Gasteiger partial charge < -0.3 is 9.84 Å². The molecule has 14 heavy (non-hydrogen) atoms. The summed E-state index contributed by atoms with van der Waals surface area (Å²) in [4.78, 5) is 15.0. The van der Waals surface area contributed by atoms with Gasteiger partial charge in [-0.1, -0.05) is 0 Å². The Morgan fingerprint density at radius 1 is 1.64 bits per heavy atom. The number of nitrogens with zero attached hydrogens (tertiary/aromatic N) is 1. The van der Waals surface area contributed by atoms with Crippen molar-refractivity contribution in [2.24, 2.45) is 0 Å². The van der Waals surface area contributed by atoms with E-state index in [9.17, 15) is 9.90 Å². The average Bonchev–Trinajstić information content (AvgIpc) is 2.10. The molecule has 0 atom stereocenters. The van der Waals surface area contributed by atoms with Crippen LogP contribution in [0.15, 0.2) is 12.3 Å². The van der Waals surface area contributed by atoms with Gasteiger partial charge in [0.05, 0.1) is 18.7 Å². The molecule has 0 aliphatic heterocycles. The molecule has 4 nitrogen and oxygen atoms in total. The van der Waals surface area contributed by atoms with E-state index in [1.807, 2.05) is 6.92 Å². The van der Waals surface area contributed by atoms with Crippen LogP contribution in [0.1, 0.15) is 18.2 Å². The number of pyridine rings is 1. The molecule has 1 heterocycles. The summed E-state index contributed by atoms with van der Waals surface area (Å²) in [6.07, 6.45) is 1.62. The first-order valence-electron chi connectivity index (χ1n) is 4.43. The van der Waals surface area contributed by atoms with Gasteiger partial charge in [0, 0.05) is 6.20 Å². The second-order valence-electron chi connectivity index (χ2n) is 2.96. The molecular weight excluding hydrogens is 182 g/mol. The quantitative estimate of drug-likeness (QED) is 0.736. The molecular formula is C10H13NO3. The zero-order chi connectivity index (χ0) is 10.6. The molecule has 0 aliphatic carbocycles. The van der Waals surface area contributed by atoms with Gasteiger partial charge in [-0.2, -0.15) is 0 Å². The number of ether oxygens (including phenoxy) is 1. The van der Waals surface area contributed by atoms with Gasteiger partial charge in [-0.25, -0.2) is 0 Å². The molecule has 0 saturated carbocycles. The van der Waals surface area contributed by atoms with Crippen molar-refractivity contribution in [3.05, 3.63) is 23.5 Å². The highest BCUT2D eigenvalue weighted by atomic mass is 16.5. The molecule has 1 rings (SSSR count). The molecule has 0 amide bonds. The summed E-state index contributed by atoms with van der Waals surface area (Å²) in [7, 11) is 0. The third-order valence-corrected chi connectivity index (χ3v) is 1.70. The van der Waals surface area contributed by atoms with Crippen LogP contribution < -0.4 is 0 Å². The van der Waals surface area contributed by atoms with E-state index < -0.39 is 0 Å². The molecule has 1 aromatic heterocycles. The van der Waals surface area contributed by atoms with Crippen LogP contribution in [-0.4, -0.2) is 22.7 Å². The van der Waals surface area contributed by atoms with Gasteiger partial charge in [-0.15, -0.1) is 0 Å². The number of rotatable bonds is 3. The van der Waals surface area contributed by atoms with Gasteiger partial charge in [0.25, 0.3) is 0 Å². The van der Waals surface area contributed by atoms with Crippen LogP contribution in [-0.2, 0) is 16.0 Å². The number of hydrogen-bond donors (Lipinski definition) is 1. The van der Waals surface area contributed by atoms with Crippen LogP contribution in [0.25, 0.3) is 0 Å². The van der Waals surface area contributed by atoms with E-state index in [-0.39, 0.29) is 18.1 Å². The number of aromatic hydroxyl groups is 1. The number of esters is 1. The van der Waals surface area contributed by atoms with E-state index in [1.165, 1.54) is 0 Å². The third kappa shape index (κ3) is 2.73. The van der Waals surface area contributed by atoms with Crippen molar-refractivity contribution in [3.8, 4) is 5.75 Å². The third-order valence-electron chi connectivity index (χ3n) is 1.70. The molecule has 4 heteroatoms. The zero-order valence-electron chi connectivity index (χ0n) is 8.28. The Morgan fingerprint density at radius 2 is 2.36 bits per heavy atom. The monoisotopic (exact) mass is 195 g/mol. The summed E-state index contributed by atoms with van der Waals surface area (Å²) < 4.78 is 4.74. The molecule has 0 radical (unpaired) electrons. The van der Waals surface area contributed by atoms with Gasteiger partial charge >= 0.3 is 5.97 Å². The smallest absolute Gasteiger partial charge is 0.312 e. The fourth-order valence-electron chi connectivity index (χ4n) is 1.07. The average molecular weight is 195 g/mol. The number of aryl methyl sites for hydroxylation is 1. The van der Waals surface area contributed by atoms with E-state index in [0.29, 0.717) is 12.3 Å². The van der Waals surface area contributed by atoms with Gasteiger partial charge in [0.15, 0.2) is 0 Å². The van der Waals surface area contributed by atoms with Gasteiger partial charge in [0.1, 0.15) is 5.75 Å². The van der Waals surface area contributed by atoms with Crippen LogP contribution in [0.2, 0.25) is 0 Å². The highest BCUT2D eigenvalue weighted by molar-refractivity contribution is 5.72. The summed E-state index contributed by atoms with van der Waals surface area (Å²) in [5, 5.41) is 9.44. The van der Waals surface area contributed by atoms with Crippen LogP contribution in [0.3, 0.4) is 0 Å². The van der Waals surface area contributed by atoms with Crippen molar-refractivity contribution in [2.75, 3.05) is 6.61 Å². The Morgan fingerprint density at radius 3 is 2.93 bits per heavy atom. The molecule has 1 N–H and O–H groups in total. The Balaban J connectivity index is 2.72. The minimum absolute atomic E-state index is 0.0138. The summed E-state index contributed by atoms with van der Waals surface area (Å²) in [5.41, 5.74) is 1.21. The van der Waals surface area contributed by atoms with E-state index in [1.54, 1.807) is 19.2 Å². The lowest BCUT2D eigenvalue weighted by Crippen LogP contribution is -2.08. The van der Waals surface area contributed by atoms with Gasteiger partial charge in [0.2, 0.25) is 0 Å². The van der Waals surface area contributed by atoms with Crippen LogP contribution >= 0.6 is 0 Å². The van der Waals surface area contributed by atoms with Crippen LogP contribution in [0.4, 0.5) is 0 Å². The lowest BCUT2D eigenvalue weighted by molar-refractivity contribution is -0.142. The van der Waals surface area contributed by atoms with Crippen molar-refractivity contribution >= 4 is 5.97 Å². The number of hydrogen-bond acceptors (Lipinski definition) is 4. The van der Waals surface area contributed by atoms with Crippen molar-refractivity contribution < 1.29 is 14.6 Å². The molecule has 1 aromatic rings. The summed E-state index contributed by atoms with van der Waals surface area (Å²) in [6.45, 7) is 3.90. The second kappa shape index (κ2) is 4.60. The first kappa shape index (κ1) is 10.5. The normalized spacial score (nSPS) is 9.86. The predicted molar refractivity (Wildman–Crippen MR) is 51.0 cm³/mol. The number of aromatic nitrogens is 1. The maximum Gasteiger partial charge on any atom is 0.312 e. The second-order valence-corrected chi connectivity index (χ2v) is 2.96. The molecule has 0 spiro atoms. The molecule has 0 aromatic carbocycles. The fraction of sp³-hybridized carbons (Fsp3) is 0.400. The Bertz CT molecular complexity index is 336. The standard InChI is InChI=1S/C10H13NO3/c1-3-14-10(13)5-8-9(12)4-7(2)6-11-8/h4,6,12H,3,5H2,1-2H3. The van der Waals surface area contributed by atoms with E-state index in [2.05, 4.69) is 4.98 Å². The topological polar surface area (TPSA) is 59.4 Å². The Labute approximate surface area is 82.5 Å². The maximum atomic E-state index is 11.1. The number of carbonyl (C=O) groups excluding carboxylic acids is 1. The highest BCUT2D eigenvalue weighted by Gasteiger charge is 2.09. The van der Waals surface area contributed by atoms with Crippen molar-refractivity contribution in [3.63, 3.8) is 0 Å². The predicted octanol–water partition coefficient (Wildman–Crippen LogP) is 1.20. The Kier molecular flexibility index (Phi) is 3.45. The molecule has 0 unspecified atom stereocenters. The minimum Gasteiger partial charge on any atom is -0.506 e. The highest BCUT2D eigenvalue weighted by Crippen LogP contribution is 2.16. The molecule has 76 valence electrons. The summed E-state index contributed by atoms with van der Waals surface area (Å²) in [5.74, 6) is -0.336. The largest absolute Gasteiger partial charge is 0.506 e. The summed E-state index contributed by atoms with van der Waals surface area (Å²) in [6, 6.07) is 1.57. The first-order chi connectivity index (χ1) is 6.63. The van der Waals surface area contributed by atoms with E-state index in [0.717, 1.165) is 5.56 Å². The van der Waals surface area contributed by atoms with Crippen molar-refractivity contribution in [1.82, 2.24) is 4.98 Å². The number of carbonyl (C=O) groups is 1. The lowest BCUT2D eigenvalue weighted by Gasteiger charge is -2.03. The lowest BCUT2D eigenvalue weighted by atomic mass is 10.2. The van der Waals surface area contributed by atoms with Crippen molar-refractivity contribution in [2.45, 2.75) is 20.3 Å². The fourth-order valence-corrected chi connectivity index (χ4v) is 1.07. The molecule has 0 fully saturated rings. The zero-order valence-corrected chi connectivity index (χ0v) is 8.28. The Hall–Kier alpha value is -1.58. The molecule has 0 saturated heterocycles. The van der Waals surface area contributed by atoms with Crippen LogP contribution in [0, 0.1) is 6.92 Å². The SMILES string of the molecule is CCOC(=O)Cc1ncc(C)cc1O. The van der Waals surface area contributed by atoms with Crippen LogP contribution in [0.5, 0.6) is 5.75 Å². The van der Waals surface area contributed by atoms with E-state index in [4.69, 9.17) is 4.74 Å². The van der Waals surface area contributed by atoms with E-state index >= 15 is 0 Å².